The van der Waals surface area contributed by atoms with Crippen LogP contribution in [0.25, 0.3) is 54.1 Å². The second-order valence-corrected chi connectivity index (χ2v) is 15.1. The second kappa shape index (κ2) is 11.9. The van der Waals surface area contributed by atoms with Crippen molar-refractivity contribution >= 4 is 112 Å². The fraction of sp³-hybridized carbons (Fsp3) is 0.0732. The van der Waals surface area contributed by atoms with E-state index < -0.39 is 6.10 Å². The Balaban J connectivity index is 1.12. The number of thiophene rings is 1. The van der Waals surface area contributed by atoms with Crippen molar-refractivity contribution in [2.45, 2.75) is 20.0 Å². The van der Waals surface area contributed by atoms with Crippen molar-refractivity contribution in [1.82, 2.24) is 17.5 Å². The van der Waals surface area contributed by atoms with E-state index in [4.69, 9.17) is 18.1 Å². The molecule has 0 bridgehead atoms. The summed E-state index contributed by atoms with van der Waals surface area (Å²) in [7, 11) is 0. The van der Waals surface area contributed by atoms with E-state index in [0.717, 1.165) is 71.1 Å². The number of Topliss-reactive ketones (excluding diaryl/α,β-unsaturated/α-hetero) is 1. The third kappa shape index (κ3) is 4.89. The van der Waals surface area contributed by atoms with Crippen molar-refractivity contribution in [3.05, 3.63) is 131 Å². The fourth-order valence-corrected chi connectivity index (χ4v) is 9.23. The first-order chi connectivity index (χ1) is 25.4. The number of aromatic nitrogens is 4. The number of carbonyl (C=O) groups is 1. The van der Waals surface area contributed by atoms with Gasteiger partial charge < -0.3 is 10.0 Å². The van der Waals surface area contributed by atoms with Gasteiger partial charge in [0.25, 0.3) is 0 Å². The highest BCUT2D eigenvalue weighted by molar-refractivity contribution is 7.19. The molecule has 1 aliphatic rings. The number of aliphatic hydroxyl groups excluding tert-OH is 1. The van der Waals surface area contributed by atoms with E-state index in [1.807, 2.05) is 42.5 Å². The standard InChI is InChI=1S/C41H26N6O2S3/c1-21-7-11-25(12-8-21)47(26-13-9-22(2)10-14-26)34-16-15-33(50-34)31-19-28-29(35-37(31)45-51-43-35)20-32(39-36(28)44-52-46-39)42-38-27-17-23-5-3-4-6-24(23)18-30(27)40(48)41(38)49/h3-20,41,49H,1-2H3/b42-38-. The normalized spacial score (nSPS) is 15.1. The molecule has 0 aliphatic heterocycles. The van der Waals surface area contributed by atoms with Gasteiger partial charge in [-0.1, -0.05) is 59.7 Å². The van der Waals surface area contributed by atoms with E-state index in [9.17, 15) is 9.90 Å². The molecule has 0 amide bonds. The van der Waals surface area contributed by atoms with Gasteiger partial charge in [0.15, 0.2) is 11.9 Å². The molecule has 3 aromatic heterocycles. The zero-order valence-corrected chi connectivity index (χ0v) is 30.2. The van der Waals surface area contributed by atoms with Crippen LogP contribution in [0.3, 0.4) is 0 Å². The van der Waals surface area contributed by atoms with Gasteiger partial charge in [-0.2, -0.15) is 17.5 Å². The van der Waals surface area contributed by atoms with E-state index >= 15 is 0 Å². The maximum absolute atomic E-state index is 13.2. The summed E-state index contributed by atoms with van der Waals surface area (Å²) in [4.78, 5) is 21.5. The minimum absolute atomic E-state index is 0.307. The second-order valence-electron chi connectivity index (χ2n) is 13.0. The maximum atomic E-state index is 13.2. The van der Waals surface area contributed by atoms with Gasteiger partial charge >= 0.3 is 0 Å². The van der Waals surface area contributed by atoms with Crippen molar-refractivity contribution in [3.8, 4) is 10.4 Å². The number of aliphatic imine (C=N–C) groups is 1. The molecule has 6 aromatic carbocycles. The predicted octanol–water partition coefficient (Wildman–Crippen LogP) is 10.5. The number of carbonyl (C=O) groups excluding carboxylic acids is 1. The molecule has 1 unspecified atom stereocenters. The molecule has 1 N–H and O–H groups in total. The molecule has 250 valence electrons. The molecule has 0 spiro atoms. The number of hydrogen-bond donors (Lipinski definition) is 1. The highest BCUT2D eigenvalue weighted by Gasteiger charge is 2.36. The van der Waals surface area contributed by atoms with E-state index in [-0.39, 0.29) is 5.78 Å². The number of aryl methyl sites for hydroxylation is 2. The van der Waals surface area contributed by atoms with Gasteiger partial charge in [0, 0.05) is 43.7 Å². The van der Waals surface area contributed by atoms with Crippen molar-refractivity contribution < 1.29 is 9.90 Å². The minimum Gasteiger partial charge on any atom is -0.378 e. The Morgan fingerprint density at radius 3 is 1.88 bits per heavy atom. The lowest BCUT2D eigenvalue weighted by Gasteiger charge is -2.24. The van der Waals surface area contributed by atoms with Crippen LogP contribution in [-0.2, 0) is 0 Å². The molecular formula is C41H26N6O2S3. The van der Waals surface area contributed by atoms with Gasteiger partial charge in [-0.15, -0.1) is 11.3 Å². The first kappa shape index (κ1) is 31.1. The summed E-state index contributed by atoms with van der Waals surface area (Å²) < 4.78 is 19.0. The molecule has 0 fully saturated rings. The molecule has 0 radical (unpaired) electrons. The average molecular weight is 731 g/mol. The first-order valence-corrected chi connectivity index (χ1v) is 18.9. The lowest BCUT2D eigenvalue weighted by atomic mass is 10.0. The van der Waals surface area contributed by atoms with Crippen LogP contribution in [0.4, 0.5) is 22.1 Å². The summed E-state index contributed by atoms with van der Waals surface area (Å²) in [6, 6.07) is 37.1. The molecule has 0 saturated carbocycles. The number of fused-ring (bicyclic) bond motifs is 7. The topological polar surface area (TPSA) is 104 Å². The van der Waals surface area contributed by atoms with Gasteiger partial charge in [0.1, 0.15) is 27.1 Å². The van der Waals surface area contributed by atoms with Crippen LogP contribution in [0.5, 0.6) is 0 Å². The molecule has 52 heavy (non-hydrogen) atoms. The van der Waals surface area contributed by atoms with Gasteiger partial charge in [-0.25, -0.2) is 4.99 Å². The third-order valence-corrected chi connectivity index (χ3v) is 11.8. The Kier molecular flexibility index (Phi) is 7.12. The van der Waals surface area contributed by atoms with Gasteiger partial charge in [0.05, 0.1) is 34.9 Å². The van der Waals surface area contributed by atoms with Crippen LogP contribution in [0.15, 0.2) is 114 Å². The van der Waals surface area contributed by atoms with E-state index in [2.05, 4.69) is 89.9 Å². The maximum Gasteiger partial charge on any atom is 0.198 e. The zero-order chi connectivity index (χ0) is 35.1. The van der Waals surface area contributed by atoms with E-state index in [1.54, 1.807) is 11.3 Å². The Morgan fingerprint density at radius 1 is 0.635 bits per heavy atom. The molecule has 8 nitrogen and oxygen atoms in total. The lowest BCUT2D eigenvalue weighted by Crippen LogP contribution is -2.21. The molecule has 3 heterocycles. The van der Waals surface area contributed by atoms with Crippen molar-refractivity contribution in [2.24, 2.45) is 4.99 Å². The van der Waals surface area contributed by atoms with Crippen LogP contribution in [0, 0.1) is 13.8 Å². The predicted molar refractivity (Wildman–Crippen MR) is 214 cm³/mol. The Morgan fingerprint density at radius 2 is 1.21 bits per heavy atom. The number of aliphatic hydroxyl groups is 1. The van der Waals surface area contributed by atoms with E-state index in [0.29, 0.717) is 33.6 Å². The quantitative estimate of drug-likeness (QED) is 0.188. The fourth-order valence-electron chi connectivity index (χ4n) is 7.02. The molecule has 11 heteroatoms. The molecule has 1 aliphatic carbocycles. The Labute approximate surface area is 309 Å². The van der Waals surface area contributed by atoms with Crippen molar-refractivity contribution in [3.63, 3.8) is 0 Å². The molecule has 9 aromatic rings. The number of hydrogen-bond acceptors (Lipinski definition) is 11. The molecular weight excluding hydrogens is 705 g/mol. The lowest BCUT2D eigenvalue weighted by molar-refractivity contribution is 0.0856. The van der Waals surface area contributed by atoms with Crippen LogP contribution in [-0.4, -0.2) is 40.2 Å². The van der Waals surface area contributed by atoms with Crippen molar-refractivity contribution in [2.75, 3.05) is 4.90 Å². The number of benzene rings is 6. The highest BCUT2D eigenvalue weighted by atomic mass is 32.1. The number of anilines is 3. The van der Waals surface area contributed by atoms with Crippen molar-refractivity contribution in [1.29, 1.82) is 0 Å². The highest BCUT2D eigenvalue weighted by Crippen LogP contribution is 2.46. The largest absolute Gasteiger partial charge is 0.378 e. The van der Waals surface area contributed by atoms with Crippen LogP contribution < -0.4 is 4.90 Å². The molecule has 1 atom stereocenters. The number of ketones is 1. The smallest absolute Gasteiger partial charge is 0.198 e. The van der Waals surface area contributed by atoms with Crippen LogP contribution in [0.2, 0.25) is 0 Å². The van der Waals surface area contributed by atoms with Gasteiger partial charge in [-0.05, 0) is 85.3 Å². The molecule has 10 rings (SSSR count). The number of nitrogens with zero attached hydrogens (tertiary/aromatic N) is 6. The van der Waals surface area contributed by atoms with Gasteiger partial charge in [0.2, 0.25) is 0 Å². The monoisotopic (exact) mass is 730 g/mol. The summed E-state index contributed by atoms with van der Waals surface area (Å²) in [5, 5.41) is 15.9. The Hall–Kier alpha value is -5.72. The number of rotatable bonds is 5. The summed E-state index contributed by atoms with van der Waals surface area (Å²) in [5.74, 6) is -0.359. The average Bonchev–Trinajstić information content (AvgIpc) is 3.99. The van der Waals surface area contributed by atoms with Gasteiger partial charge in [-0.3, -0.25) is 4.79 Å². The third-order valence-electron chi connectivity index (χ3n) is 9.68. The SMILES string of the molecule is Cc1ccc(N(c2ccc(C)cc2)c2ccc(-c3cc4c(cc(/N=C5/c6cc7ccccc7cc6C(=O)C5O)c5nsnc54)c4nsnc34)s2)cc1. The minimum atomic E-state index is -1.38. The van der Waals surface area contributed by atoms with Crippen LogP contribution in [0.1, 0.15) is 27.0 Å². The molecule has 0 saturated heterocycles. The summed E-state index contributed by atoms with van der Waals surface area (Å²) in [6.07, 6.45) is -1.38. The summed E-state index contributed by atoms with van der Waals surface area (Å²) in [6.45, 7) is 4.20. The van der Waals surface area contributed by atoms with Crippen LogP contribution >= 0.6 is 34.8 Å². The first-order valence-electron chi connectivity index (χ1n) is 16.6. The summed E-state index contributed by atoms with van der Waals surface area (Å²) in [5.41, 5.74) is 10.3. The zero-order valence-electron chi connectivity index (χ0n) is 27.7. The van der Waals surface area contributed by atoms with E-state index in [1.165, 1.54) is 22.9 Å². The summed E-state index contributed by atoms with van der Waals surface area (Å²) >= 11 is 3.97. The Bertz CT molecular complexity index is 2880.